The van der Waals surface area contributed by atoms with Gasteiger partial charge in [0.1, 0.15) is 5.75 Å². The van der Waals surface area contributed by atoms with Gasteiger partial charge < -0.3 is 10.1 Å². The van der Waals surface area contributed by atoms with E-state index >= 15 is 0 Å². The van der Waals surface area contributed by atoms with Crippen molar-refractivity contribution in [1.29, 1.82) is 0 Å². The first kappa shape index (κ1) is 17.9. The highest BCUT2D eigenvalue weighted by Crippen LogP contribution is 2.23. The van der Waals surface area contributed by atoms with Crippen LogP contribution in [0.25, 0.3) is 5.69 Å². The maximum atomic E-state index is 12.6. The summed E-state index contributed by atoms with van der Waals surface area (Å²) >= 11 is 6.18. The van der Waals surface area contributed by atoms with E-state index in [-0.39, 0.29) is 11.6 Å². The summed E-state index contributed by atoms with van der Waals surface area (Å²) in [7, 11) is 0. The summed E-state index contributed by atoms with van der Waals surface area (Å²) in [6, 6.07) is 12.7. The highest BCUT2D eigenvalue weighted by molar-refractivity contribution is 6.31. The molecule has 3 rings (SSSR count). The third kappa shape index (κ3) is 3.55. The van der Waals surface area contributed by atoms with Gasteiger partial charge >= 0.3 is 0 Å². The van der Waals surface area contributed by atoms with Crippen LogP contribution in [0, 0.1) is 13.8 Å². The third-order valence-electron chi connectivity index (χ3n) is 4.00. The molecule has 7 heteroatoms. The van der Waals surface area contributed by atoms with Crippen molar-refractivity contribution in [3.63, 3.8) is 0 Å². The van der Waals surface area contributed by atoms with Crippen molar-refractivity contribution in [2.75, 3.05) is 11.9 Å². The lowest BCUT2D eigenvalue weighted by Gasteiger charge is -2.09. The molecular formula is C19H19ClN4O2. The lowest BCUT2D eigenvalue weighted by atomic mass is 10.2. The van der Waals surface area contributed by atoms with Gasteiger partial charge in [0, 0.05) is 10.7 Å². The molecular weight excluding hydrogens is 352 g/mol. The van der Waals surface area contributed by atoms with Crippen LogP contribution < -0.4 is 10.1 Å². The zero-order valence-corrected chi connectivity index (χ0v) is 15.5. The fourth-order valence-corrected chi connectivity index (χ4v) is 2.75. The number of benzene rings is 2. The van der Waals surface area contributed by atoms with Gasteiger partial charge in [0.05, 0.1) is 18.0 Å². The average Bonchev–Trinajstić information content (AvgIpc) is 3.01. The molecule has 1 aromatic heterocycles. The molecule has 3 aromatic rings. The van der Waals surface area contributed by atoms with Crippen molar-refractivity contribution >= 4 is 23.2 Å². The number of carbonyl (C=O) groups is 1. The molecule has 0 saturated carbocycles. The number of halogens is 1. The van der Waals surface area contributed by atoms with E-state index < -0.39 is 0 Å². The third-order valence-corrected chi connectivity index (χ3v) is 4.41. The van der Waals surface area contributed by atoms with E-state index in [0.717, 1.165) is 17.0 Å². The molecule has 0 aliphatic carbocycles. The Morgan fingerprint density at radius 1 is 1.19 bits per heavy atom. The fraction of sp³-hybridized carbons (Fsp3) is 0.211. The molecule has 26 heavy (non-hydrogen) atoms. The maximum absolute atomic E-state index is 12.6. The molecule has 1 N–H and O–H groups in total. The summed E-state index contributed by atoms with van der Waals surface area (Å²) in [5.41, 5.74) is 3.23. The van der Waals surface area contributed by atoms with Gasteiger partial charge in [-0.25, -0.2) is 4.68 Å². The van der Waals surface area contributed by atoms with Crippen molar-refractivity contribution in [2.24, 2.45) is 0 Å². The molecule has 0 spiro atoms. The van der Waals surface area contributed by atoms with Crippen molar-refractivity contribution in [3.05, 3.63) is 64.4 Å². The van der Waals surface area contributed by atoms with Crippen molar-refractivity contribution < 1.29 is 9.53 Å². The van der Waals surface area contributed by atoms with E-state index in [1.165, 1.54) is 0 Å². The number of amides is 1. The van der Waals surface area contributed by atoms with E-state index in [2.05, 4.69) is 15.6 Å². The van der Waals surface area contributed by atoms with Crippen LogP contribution in [0.5, 0.6) is 5.75 Å². The van der Waals surface area contributed by atoms with Gasteiger partial charge in [-0.1, -0.05) is 22.9 Å². The monoisotopic (exact) mass is 370 g/mol. The normalized spacial score (nSPS) is 10.6. The van der Waals surface area contributed by atoms with Gasteiger partial charge in [0.25, 0.3) is 5.91 Å². The number of hydrogen-bond acceptors (Lipinski definition) is 4. The molecule has 134 valence electrons. The van der Waals surface area contributed by atoms with Crippen LogP contribution in [-0.2, 0) is 0 Å². The van der Waals surface area contributed by atoms with Crippen molar-refractivity contribution in [3.8, 4) is 11.4 Å². The van der Waals surface area contributed by atoms with Crippen molar-refractivity contribution in [2.45, 2.75) is 20.8 Å². The Morgan fingerprint density at radius 3 is 2.62 bits per heavy atom. The Balaban J connectivity index is 1.83. The standard InChI is InChI=1S/C19H19ClN4O2/c1-4-26-15-10-8-14(9-11-15)21-19(25)18-13(3)24(23-22-18)17-7-5-6-16(20)12(17)2/h5-11H,4H2,1-3H3,(H,21,25). The fourth-order valence-electron chi connectivity index (χ4n) is 2.58. The topological polar surface area (TPSA) is 69.0 Å². The molecule has 0 bridgehead atoms. The molecule has 0 unspecified atom stereocenters. The summed E-state index contributed by atoms with van der Waals surface area (Å²) in [4.78, 5) is 12.6. The largest absolute Gasteiger partial charge is 0.494 e. The number of nitrogens with zero attached hydrogens (tertiary/aromatic N) is 3. The summed E-state index contributed by atoms with van der Waals surface area (Å²) in [5, 5.41) is 11.6. The molecule has 0 saturated heterocycles. The molecule has 6 nitrogen and oxygen atoms in total. The van der Waals surface area contributed by atoms with Crippen molar-refractivity contribution in [1.82, 2.24) is 15.0 Å². The van der Waals surface area contributed by atoms with Crippen LogP contribution in [0.15, 0.2) is 42.5 Å². The molecule has 1 amide bonds. The van der Waals surface area contributed by atoms with E-state index in [1.807, 2.05) is 32.0 Å². The molecule has 0 fully saturated rings. The molecule has 0 radical (unpaired) electrons. The molecule has 1 heterocycles. The van der Waals surface area contributed by atoms with Crippen LogP contribution in [0.3, 0.4) is 0 Å². The van der Waals surface area contributed by atoms with Gasteiger partial charge in [-0.3, -0.25) is 4.79 Å². The lowest BCUT2D eigenvalue weighted by Crippen LogP contribution is -2.14. The van der Waals surface area contributed by atoms with E-state index in [4.69, 9.17) is 16.3 Å². The van der Waals surface area contributed by atoms with E-state index in [9.17, 15) is 4.79 Å². The minimum Gasteiger partial charge on any atom is -0.494 e. The zero-order chi connectivity index (χ0) is 18.7. The zero-order valence-electron chi connectivity index (χ0n) is 14.8. The first-order valence-electron chi connectivity index (χ1n) is 8.23. The Bertz CT molecular complexity index is 935. The summed E-state index contributed by atoms with van der Waals surface area (Å²) in [5.74, 6) is 0.432. The summed E-state index contributed by atoms with van der Waals surface area (Å²) in [6.45, 7) is 6.21. The van der Waals surface area contributed by atoms with Crippen LogP contribution in [-0.4, -0.2) is 27.5 Å². The first-order chi connectivity index (χ1) is 12.5. The number of aromatic nitrogens is 3. The second-order valence-electron chi connectivity index (χ2n) is 5.73. The number of rotatable bonds is 5. The minimum absolute atomic E-state index is 0.262. The quantitative estimate of drug-likeness (QED) is 0.731. The van der Waals surface area contributed by atoms with Gasteiger partial charge in [-0.05, 0) is 62.7 Å². The van der Waals surface area contributed by atoms with Crippen LogP contribution >= 0.6 is 11.6 Å². The number of carbonyl (C=O) groups excluding carboxylic acids is 1. The van der Waals surface area contributed by atoms with Gasteiger partial charge in [0.2, 0.25) is 0 Å². The van der Waals surface area contributed by atoms with Gasteiger partial charge in [-0.15, -0.1) is 5.10 Å². The summed E-state index contributed by atoms with van der Waals surface area (Å²) in [6.07, 6.45) is 0. The van der Waals surface area contributed by atoms with Crippen LogP contribution in [0.4, 0.5) is 5.69 Å². The molecule has 0 aliphatic rings. The van der Waals surface area contributed by atoms with Gasteiger partial charge in [0.15, 0.2) is 5.69 Å². The Labute approximate surface area is 156 Å². The highest BCUT2D eigenvalue weighted by Gasteiger charge is 2.18. The molecule has 2 aromatic carbocycles. The van der Waals surface area contributed by atoms with Gasteiger partial charge in [-0.2, -0.15) is 0 Å². The first-order valence-corrected chi connectivity index (χ1v) is 8.61. The Hall–Kier alpha value is -2.86. The summed E-state index contributed by atoms with van der Waals surface area (Å²) < 4.78 is 7.01. The lowest BCUT2D eigenvalue weighted by molar-refractivity contribution is 0.102. The maximum Gasteiger partial charge on any atom is 0.278 e. The number of ether oxygens (including phenoxy) is 1. The highest BCUT2D eigenvalue weighted by atomic mass is 35.5. The molecule has 0 aliphatic heterocycles. The van der Waals surface area contributed by atoms with Crippen LogP contribution in [0.1, 0.15) is 28.7 Å². The second kappa shape index (κ2) is 7.58. The smallest absolute Gasteiger partial charge is 0.278 e. The SMILES string of the molecule is CCOc1ccc(NC(=O)c2nnn(-c3cccc(Cl)c3C)c2C)cc1. The Kier molecular flexibility index (Phi) is 5.23. The van der Waals surface area contributed by atoms with E-state index in [1.54, 1.807) is 35.9 Å². The number of nitrogens with one attached hydrogen (secondary N) is 1. The second-order valence-corrected chi connectivity index (χ2v) is 6.14. The number of anilines is 1. The predicted molar refractivity (Wildman–Crippen MR) is 101 cm³/mol. The minimum atomic E-state index is -0.322. The average molecular weight is 371 g/mol. The number of hydrogen-bond donors (Lipinski definition) is 1. The predicted octanol–water partition coefficient (Wildman–Crippen LogP) is 4.19. The Morgan fingerprint density at radius 2 is 1.92 bits per heavy atom. The molecule has 0 atom stereocenters. The van der Waals surface area contributed by atoms with Crippen LogP contribution in [0.2, 0.25) is 5.02 Å². The van der Waals surface area contributed by atoms with E-state index in [0.29, 0.717) is 23.0 Å².